The fourth-order valence-corrected chi connectivity index (χ4v) is 3.18. The zero-order valence-electron chi connectivity index (χ0n) is 14.4. The third-order valence-corrected chi connectivity index (χ3v) is 4.50. The Bertz CT molecular complexity index is 669. The average molecular weight is 327 g/mol. The molecule has 1 aliphatic heterocycles. The maximum atomic E-state index is 12.6. The van der Waals surface area contributed by atoms with Crippen LogP contribution in [0.25, 0.3) is 0 Å². The molecular weight excluding hydrogens is 302 g/mol. The summed E-state index contributed by atoms with van der Waals surface area (Å²) in [6, 6.07) is 12.5. The maximum Gasteiger partial charge on any atom is 0.323 e. The quantitative estimate of drug-likeness (QED) is 0.939. The molecule has 6 heteroatoms. The minimum Gasteiger partial charge on any atom is -0.319 e. The van der Waals surface area contributed by atoms with Crippen molar-refractivity contribution in [1.82, 2.24) is 19.6 Å². The van der Waals surface area contributed by atoms with E-state index in [9.17, 15) is 4.79 Å². The Kier molecular flexibility index (Phi) is 5.15. The van der Waals surface area contributed by atoms with Crippen molar-refractivity contribution in [2.24, 2.45) is 7.05 Å². The first-order chi connectivity index (χ1) is 11.7. The zero-order chi connectivity index (χ0) is 16.9. The third-order valence-electron chi connectivity index (χ3n) is 4.50. The smallest absolute Gasteiger partial charge is 0.319 e. The van der Waals surface area contributed by atoms with Crippen LogP contribution in [0.5, 0.6) is 0 Å². The number of aryl methyl sites for hydroxylation is 1. The molecule has 1 saturated heterocycles. The Morgan fingerprint density at radius 3 is 2.71 bits per heavy atom. The van der Waals surface area contributed by atoms with E-state index in [0.29, 0.717) is 5.82 Å². The van der Waals surface area contributed by atoms with Crippen LogP contribution in [-0.2, 0) is 13.6 Å². The Balaban J connectivity index is 1.59. The van der Waals surface area contributed by atoms with E-state index in [2.05, 4.69) is 46.5 Å². The van der Waals surface area contributed by atoms with Gasteiger partial charge in [0, 0.05) is 51.5 Å². The molecule has 1 atom stereocenters. The predicted octanol–water partition coefficient (Wildman–Crippen LogP) is 2.55. The molecule has 2 heterocycles. The van der Waals surface area contributed by atoms with Crippen molar-refractivity contribution in [3.63, 3.8) is 0 Å². The highest BCUT2D eigenvalue weighted by Crippen LogP contribution is 2.17. The van der Waals surface area contributed by atoms with Crippen LogP contribution in [0.4, 0.5) is 10.6 Å². The van der Waals surface area contributed by atoms with Gasteiger partial charge in [-0.05, 0) is 12.0 Å². The summed E-state index contributed by atoms with van der Waals surface area (Å²) in [5.74, 6) is 0.601. The second kappa shape index (κ2) is 7.49. The van der Waals surface area contributed by atoms with Gasteiger partial charge in [0.05, 0.1) is 0 Å². The van der Waals surface area contributed by atoms with Crippen LogP contribution in [0.3, 0.4) is 0 Å². The molecule has 24 heavy (non-hydrogen) atoms. The van der Waals surface area contributed by atoms with Crippen molar-refractivity contribution in [3.05, 3.63) is 48.2 Å². The van der Waals surface area contributed by atoms with Crippen LogP contribution in [0, 0.1) is 0 Å². The molecule has 1 aromatic carbocycles. The summed E-state index contributed by atoms with van der Waals surface area (Å²) < 4.78 is 1.69. The van der Waals surface area contributed by atoms with Crippen LogP contribution >= 0.6 is 0 Å². The Labute approximate surface area is 143 Å². The highest BCUT2D eigenvalue weighted by molar-refractivity contribution is 5.88. The van der Waals surface area contributed by atoms with E-state index in [1.54, 1.807) is 4.68 Å². The lowest BCUT2D eigenvalue weighted by Gasteiger charge is -2.41. The summed E-state index contributed by atoms with van der Waals surface area (Å²) in [4.78, 5) is 16.9. The number of anilines is 1. The molecule has 3 rings (SSSR count). The number of nitrogens with one attached hydrogen (secondary N) is 1. The molecule has 1 aliphatic rings. The minimum atomic E-state index is -0.0556. The van der Waals surface area contributed by atoms with Gasteiger partial charge in [0.1, 0.15) is 0 Å². The van der Waals surface area contributed by atoms with Crippen LogP contribution < -0.4 is 5.32 Å². The standard InChI is InChI=1S/C18H25N5O/c1-3-16-14-22(13-15-7-5-4-6-8-15)11-12-23(16)18(24)19-17-9-10-21(2)20-17/h4-10,16H,3,11-14H2,1-2H3,(H,19,20,24)/t16-/m0/s1. The van der Waals surface area contributed by atoms with Gasteiger partial charge in [-0.15, -0.1) is 0 Å². The lowest BCUT2D eigenvalue weighted by Crippen LogP contribution is -2.55. The van der Waals surface area contributed by atoms with Gasteiger partial charge in [-0.1, -0.05) is 37.3 Å². The molecule has 0 unspecified atom stereocenters. The molecule has 0 radical (unpaired) electrons. The molecule has 1 fully saturated rings. The molecule has 1 N–H and O–H groups in total. The highest BCUT2D eigenvalue weighted by Gasteiger charge is 2.29. The molecule has 128 valence electrons. The second-order valence-corrected chi connectivity index (χ2v) is 6.28. The van der Waals surface area contributed by atoms with Crippen molar-refractivity contribution >= 4 is 11.8 Å². The Morgan fingerprint density at radius 1 is 1.25 bits per heavy atom. The van der Waals surface area contributed by atoms with Gasteiger partial charge < -0.3 is 4.90 Å². The van der Waals surface area contributed by atoms with E-state index in [1.165, 1.54) is 5.56 Å². The summed E-state index contributed by atoms with van der Waals surface area (Å²) in [6.07, 6.45) is 2.77. The number of nitrogens with zero attached hydrogens (tertiary/aromatic N) is 4. The van der Waals surface area contributed by atoms with Gasteiger partial charge in [0.15, 0.2) is 5.82 Å². The molecule has 6 nitrogen and oxygen atoms in total. The van der Waals surface area contributed by atoms with Gasteiger partial charge in [-0.2, -0.15) is 5.10 Å². The topological polar surface area (TPSA) is 53.4 Å². The number of rotatable bonds is 4. The van der Waals surface area contributed by atoms with Gasteiger partial charge in [-0.25, -0.2) is 4.79 Å². The summed E-state index contributed by atoms with van der Waals surface area (Å²) in [5.41, 5.74) is 1.32. The first-order valence-corrected chi connectivity index (χ1v) is 8.49. The summed E-state index contributed by atoms with van der Waals surface area (Å²) in [7, 11) is 1.84. The van der Waals surface area contributed by atoms with E-state index in [-0.39, 0.29) is 12.1 Å². The number of carbonyl (C=O) groups is 1. The summed E-state index contributed by atoms with van der Waals surface area (Å²) in [6.45, 7) is 5.61. The number of amides is 2. The van der Waals surface area contributed by atoms with Crippen LogP contribution in [0.2, 0.25) is 0 Å². The molecule has 0 aliphatic carbocycles. The fourth-order valence-electron chi connectivity index (χ4n) is 3.18. The SMILES string of the molecule is CC[C@H]1CN(Cc2ccccc2)CCN1C(=O)Nc1ccn(C)n1. The molecule has 0 saturated carbocycles. The van der Waals surface area contributed by atoms with E-state index in [0.717, 1.165) is 32.6 Å². The lowest BCUT2D eigenvalue weighted by molar-refractivity contribution is 0.0939. The average Bonchev–Trinajstić information content (AvgIpc) is 3.00. The van der Waals surface area contributed by atoms with Crippen LogP contribution in [0.1, 0.15) is 18.9 Å². The number of hydrogen-bond donors (Lipinski definition) is 1. The lowest BCUT2D eigenvalue weighted by atomic mass is 10.1. The van der Waals surface area contributed by atoms with Gasteiger partial charge in [-0.3, -0.25) is 14.9 Å². The first kappa shape index (κ1) is 16.5. The number of benzene rings is 1. The number of aromatic nitrogens is 2. The predicted molar refractivity (Wildman–Crippen MR) is 94.7 cm³/mol. The van der Waals surface area contributed by atoms with Crippen molar-refractivity contribution in [2.45, 2.75) is 25.9 Å². The normalized spacial score (nSPS) is 18.6. The van der Waals surface area contributed by atoms with E-state index >= 15 is 0 Å². The molecule has 2 aromatic rings. The van der Waals surface area contributed by atoms with Gasteiger partial charge in [0.2, 0.25) is 0 Å². The van der Waals surface area contributed by atoms with Crippen LogP contribution in [0.15, 0.2) is 42.6 Å². The second-order valence-electron chi connectivity index (χ2n) is 6.28. The van der Waals surface area contributed by atoms with E-state index in [4.69, 9.17) is 0 Å². The first-order valence-electron chi connectivity index (χ1n) is 8.49. The molecule has 2 amide bonds. The monoisotopic (exact) mass is 327 g/mol. The van der Waals surface area contributed by atoms with Crippen molar-refractivity contribution in [1.29, 1.82) is 0 Å². The number of urea groups is 1. The zero-order valence-corrected chi connectivity index (χ0v) is 14.4. The number of carbonyl (C=O) groups excluding carboxylic acids is 1. The molecule has 0 bridgehead atoms. The third kappa shape index (κ3) is 3.94. The minimum absolute atomic E-state index is 0.0556. The fraction of sp³-hybridized carbons (Fsp3) is 0.444. The van der Waals surface area contributed by atoms with Gasteiger partial charge in [0.25, 0.3) is 0 Å². The largest absolute Gasteiger partial charge is 0.323 e. The van der Waals surface area contributed by atoms with Crippen LogP contribution in [-0.4, -0.2) is 51.3 Å². The number of hydrogen-bond acceptors (Lipinski definition) is 3. The highest BCUT2D eigenvalue weighted by atomic mass is 16.2. The van der Waals surface area contributed by atoms with E-state index < -0.39 is 0 Å². The molecule has 1 aromatic heterocycles. The summed E-state index contributed by atoms with van der Waals surface area (Å²) >= 11 is 0. The summed E-state index contributed by atoms with van der Waals surface area (Å²) in [5, 5.41) is 7.11. The van der Waals surface area contributed by atoms with Crippen molar-refractivity contribution in [2.75, 3.05) is 25.0 Å². The Hall–Kier alpha value is -2.34. The van der Waals surface area contributed by atoms with Crippen molar-refractivity contribution < 1.29 is 4.79 Å². The maximum absolute atomic E-state index is 12.6. The molecule has 0 spiro atoms. The van der Waals surface area contributed by atoms with Gasteiger partial charge >= 0.3 is 6.03 Å². The van der Waals surface area contributed by atoms with E-state index in [1.807, 2.05) is 30.3 Å². The Morgan fingerprint density at radius 2 is 2.04 bits per heavy atom. The van der Waals surface area contributed by atoms with Crippen molar-refractivity contribution in [3.8, 4) is 0 Å². The number of piperazine rings is 1. The molecular formula is C18H25N5O.